The number of hydrogen-bond donors (Lipinski definition) is 1. The summed E-state index contributed by atoms with van der Waals surface area (Å²) in [6.07, 6.45) is 3.81. The summed E-state index contributed by atoms with van der Waals surface area (Å²) < 4.78 is 1.35. The van der Waals surface area contributed by atoms with Crippen molar-refractivity contribution in [2.24, 2.45) is 11.8 Å². The molecule has 2 aliphatic rings. The van der Waals surface area contributed by atoms with Gasteiger partial charge >= 0.3 is 0 Å². The lowest BCUT2D eigenvalue weighted by Gasteiger charge is -2.33. The quantitative estimate of drug-likeness (QED) is 0.875. The van der Waals surface area contributed by atoms with Gasteiger partial charge in [-0.05, 0) is 68.9 Å². The first kappa shape index (κ1) is 16.5. The van der Waals surface area contributed by atoms with Gasteiger partial charge in [-0.1, -0.05) is 19.9 Å². The van der Waals surface area contributed by atoms with E-state index in [4.69, 9.17) is 4.98 Å². The highest BCUT2D eigenvalue weighted by Gasteiger charge is 2.28. The van der Waals surface area contributed by atoms with Crippen molar-refractivity contribution in [1.29, 1.82) is 0 Å². The molecule has 0 unspecified atom stereocenters. The first-order chi connectivity index (χ1) is 11.6. The molecule has 130 valence electrons. The molecule has 3 nitrogen and oxygen atoms in total. The van der Waals surface area contributed by atoms with Crippen molar-refractivity contribution < 1.29 is 0 Å². The van der Waals surface area contributed by atoms with Crippen LogP contribution in [0.4, 0.5) is 0 Å². The minimum atomic E-state index is 0.512. The van der Waals surface area contributed by atoms with Gasteiger partial charge in [0.05, 0.1) is 15.2 Å². The van der Waals surface area contributed by atoms with Crippen LogP contribution in [0.2, 0.25) is 0 Å². The molecule has 0 amide bonds. The van der Waals surface area contributed by atoms with E-state index < -0.39 is 0 Å². The maximum Gasteiger partial charge on any atom is 0.0973 e. The average Bonchev–Trinajstić information content (AvgIpc) is 2.98. The van der Waals surface area contributed by atoms with Crippen LogP contribution in [0, 0.1) is 11.8 Å². The maximum absolute atomic E-state index is 5.05. The van der Waals surface area contributed by atoms with Gasteiger partial charge in [-0.2, -0.15) is 0 Å². The molecule has 0 bridgehead atoms. The predicted molar refractivity (Wildman–Crippen MR) is 103 cm³/mol. The van der Waals surface area contributed by atoms with Gasteiger partial charge < -0.3 is 10.2 Å². The van der Waals surface area contributed by atoms with Crippen LogP contribution in [0.25, 0.3) is 10.2 Å². The molecule has 2 aromatic rings. The number of aromatic nitrogens is 1. The molecule has 0 radical (unpaired) electrons. The van der Waals surface area contributed by atoms with E-state index in [0.717, 1.165) is 12.5 Å². The van der Waals surface area contributed by atoms with Crippen LogP contribution in [0.3, 0.4) is 0 Å². The molecule has 3 heterocycles. The Morgan fingerprint density at radius 3 is 2.83 bits per heavy atom. The van der Waals surface area contributed by atoms with E-state index in [-0.39, 0.29) is 0 Å². The summed E-state index contributed by atoms with van der Waals surface area (Å²) >= 11 is 1.91. The molecule has 0 aliphatic carbocycles. The van der Waals surface area contributed by atoms with E-state index in [1.165, 1.54) is 53.1 Å². The number of nitrogens with one attached hydrogen (secondary N) is 1. The van der Waals surface area contributed by atoms with Crippen LogP contribution in [0.5, 0.6) is 0 Å². The molecule has 4 atom stereocenters. The Morgan fingerprint density at radius 1 is 1.21 bits per heavy atom. The standard InChI is InChI=1S/C20H29N3S/c1-13-4-6-17(21-11-13)15-5-7-19-18(10-15)22-20(24-19)16-8-9-23(3)12-14(16)2/h5,7,10,13-14,16-17,21H,4,6,8-9,11-12H2,1-3H3/t13-,14+,16-,17+/m0/s1. The zero-order valence-corrected chi connectivity index (χ0v) is 15.9. The number of fused-ring (bicyclic) bond motifs is 1. The molecule has 24 heavy (non-hydrogen) atoms. The van der Waals surface area contributed by atoms with Crippen molar-refractivity contribution >= 4 is 21.6 Å². The van der Waals surface area contributed by atoms with Crippen LogP contribution >= 0.6 is 11.3 Å². The maximum atomic E-state index is 5.05. The van der Waals surface area contributed by atoms with Gasteiger partial charge in [0.15, 0.2) is 0 Å². The Morgan fingerprint density at radius 2 is 2.08 bits per heavy atom. The van der Waals surface area contributed by atoms with E-state index in [0.29, 0.717) is 17.9 Å². The molecule has 0 saturated carbocycles. The minimum Gasteiger partial charge on any atom is -0.310 e. The number of hydrogen-bond acceptors (Lipinski definition) is 4. The number of likely N-dealkylation sites (tertiary alicyclic amines) is 1. The second kappa shape index (κ2) is 6.74. The highest BCUT2D eigenvalue weighted by atomic mass is 32.1. The number of benzene rings is 1. The van der Waals surface area contributed by atoms with Crippen LogP contribution in [0.1, 0.15) is 55.6 Å². The molecule has 1 aromatic heterocycles. The zero-order chi connectivity index (χ0) is 16.7. The van der Waals surface area contributed by atoms with Crippen molar-refractivity contribution in [1.82, 2.24) is 15.2 Å². The number of nitrogens with zero attached hydrogens (tertiary/aromatic N) is 2. The lowest BCUT2D eigenvalue weighted by atomic mass is 9.88. The van der Waals surface area contributed by atoms with Crippen LogP contribution in [-0.2, 0) is 0 Å². The van der Waals surface area contributed by atoms with Crippen LogP contribution in [-0.4, -0.2) is 36.6 Å². The van der Waals surface area contributed by atoms with E-state index in [1.54, 1.807) is 0 Å². The summed E-state index contributed by atoms with van der Waals surface area (Å²) in [7, 11) is 2.23. The van der Waals surface area contributed by atoms with Crippen LogP contribution < -0.4 is 5.32 Å². The van der Waals surface area contributed by atoms with E-state index in [9.17, 15) is 0 Å². The molecular formula is C20H29N3S. The highest BCUT2D eigenvalue weighted by Crippen LogP contribution is 2.37. The minimum absolute atomic E-state index is 0.512. The Kier molecular flexibility index (Phi) is 4.63. The Labute approximate surface area is 149 Å². The second-order valence-electron chi connectivity index (χ2n) is 8.06. The van der Waals surface area contributed by atoms with Crippen molar-refractivity contribution in [2.45, 2.75) is 45.1 Å². The lowest BCUT2D eigenvalue weighted by Crippen LogP contribution is -2.35. The smallest absolute Gasteiger partial charge is 0.0973 e. The first-order valence-corrected chi connectivity index (χ1v) is 10.2. The topological polar surface area (TPSA) is 28.2 Å². The van der Waals surface area contributed by atoms with Gasteiger partial charge in [0.2, 0.25) is 0 Å². The molecule has 2 saturated heterocycles. The summed E-state index contributed by atoms with van der Waals surface area (Å²) in [4.78, 5) is 7.50. The predicted octanol–water partition coefficient (Wildman–Crippen LogP) is 4.41. The van der Waals surface area contributed by atoms with E-state index >= 15 is 0 Å². The highest BCUT2D eigenvalue weighted by molar-refractivity contribution is 7.18. The molecule has 2 fully saturated rings. The Balaban J connectivity index is 1.57. The van der Waals surface area contributed by atoms with Gasteiger partial charge in [0, 0.05) is 18.5 Å². The summed E-state index contributed by atoms with van der Waals surface area (Å²) in [5.74, 6) is 2.14. The number of piperidine rings is 2. The van der Waals surface area contributed by atoms with Crippen LogP contribution in [0.15, 0.2) is 18.2 Å². The largest absolute Gasteiger partial charge is 0.310 e. The van der Waals surface area contributed by atoms with Gasteiger partial charge in [0.1, 0.15) is 0 Å². The Bertz CT molecular complexity index is 702. The first-order valence-electron chi connectivity index (χ1n) is 9.42. The third kappa shape index (κ3) is 3.24. The van der Waals surface area contributed by atoms with Gasteiger partial charge in [-0.25, -0.2) is 4.98 Å². The van der Waals surface area contributed by atoms with Gasteiger partial charge in [-0.15, -0.1) is 11.3 Å². The molecule has 0 spiro atoms. The van der Waals surface area contributed by atoms with Crippen molar-refractivity contribution in [3.05, 3.63) is 28.8 Å². The third-order valence-electron chi connectivity index (χ3n) is 5.92. The molecule has 2 aliphatic heterocycles. The fraction of sp³-hybridized carbons (Fsp3) is 0.650. The van der Waals surface area contributed by atoms with Gasteiger partial charge in [-0.3, -0.25) is 0 Å². The van der Waals surface area contributed by atoms with E-state index in [1.807, 2.05) is 11.3 Å². The average molecular weight is 344 g/mol. The molecule has 1 N–H and O–H groups in total. The van der Waals surface area contributed by atoms with Gasteiger partial charge in [0.25, 0.3) is 0 Å². The molecular weight excluding hydrogens is 314 g/mol. The van der Waals surface area contributed by atoms with Crippen molar-refractivity contribution in [3.8, 4) is 0 Å². The summed E-state index contributed by atoms with van der Waals surface area (Å²) in [6.45, 7) is 8.24. The Hall–Kier alpha value is -0.970. The second-order valence-corrected chi connectivity index (χ2v) is 9.12. The SMILES string of the molecule is C[C@H]1CC[C@H](c2ccc3sc([C@H]4CCN(C)C[C@H]4C)nc3c2)NC1. The fourth-order valence-corrected chi connectivity index (χ4v) is 5.56. The molecule has 4 heteroatoms. The van der Waals surface area contributed by atoms with E-state index in [2.05, 4.69) is 49.3 Å². The van der Waals surface area contributed by atoms with Crippen molar-refractivity contribution in [2.75, 3.05) is 26.7 Å². The molecule has 1 aromatic carbocycles. The fourth-order valence-electron chi connectivity index (χ4n) is 4.34. The number of thiazole rings is 1. The normalized spacial score (nSPS) is 32.3. The third-order valence-corrected chi connectivity index (χ3v) is 7.09. The lowest BCUT2D eigenvalue weighted by molar-refractivity contribution is 0.195. The zero-order valence-electron chi connectivity index (χ0n) is 15.1. The number of rotatable bonds is 2. The monoisotopic (exact) mass is 343 g/mol. The summed E-state index contributed by atoms with van der Waals surface area (Å²) in [5, 5.41) is 5.06. The molecule has 4 rings (SSSR count). The summed E-state index contributed by atoms with van der Waals surface area (Å²) in [5.41, 5.74) is 2.63. The van der Waals surface area contributed by atoms with Crippen molar-refractivity contribution in [3.63, 3.8) is 0 Å². The summed E-state index contributed by atoms with van der Waals surface area (Å²) in [6, 6.07) is 7.46.